The number of benzene rings is 1. The number of hydrogen-bond donors (Lipinski definition) is 2. The summed E-state index contributed by atoms with van der Waals surface area (Å²) in [6.45, 7) is 3.44. The molecular weight excluding hydrogens is 261 g/mol. The second kappa shape index (κ2) is 7.62. The lowest BCUT2D eigenvalue weighted by Crippen LogP contribution is -2.37. The van der Waals surface area contributed by atoms with E-state index in [0.717, 1.165) is 5.56 Å². The Balaban J connectivity index is 2.40. The molecule has 0 aromatic heterocycles. The van der Waals surface area contributed by atoms with E-state index in [-0.39, 0.29) is 24.1 Å². The van der Waals surface area contributed by atoms with Crippen molar-refractivity contribution in [3.63, 3.8) is 0 Å². The predicted molar refractivity (Wildman–Crippen MR) is 73.7 cm³/mol. The van der Waals surface area contributed by atoms with Crippen LogP contribution < -0.4 is 5.32 Å². The number of carbonyl (C=O) groups is 2. The van der Waals surface area contributed by atoms with Crippen molar-refractivity contribution in [3.05, 3.63) is 35.6 Å². The van der Waals surface area contributed by atoms with E-state index in [1.54, 1.807) is 19.9 Å². The molecule has 0 saturated carbocycles. The topological polar surface area (TPSA) is 66.4 Å². The van der Waals surface area contributed by atoms with Gasteiger partial charge in [0.05, 0.1) is 6.42 Å². The molecule has 4 nitrogen and oxygen atoms in total. The fourth-order valence-corrected chi connectivity index (χ4v) is 1.90. The number of hydrogen-bond acceptors (Lipinski definition) is 2. The zero-order valence-corrected chi connectivity index (χ0v) is 11.7. The SMILES string of the molecule is CC(CC(=O)O)NC(=O)C(C)CCc1cccc(F)c1. The summed E-state index contributed by atoms with van der Waals surface area (Å²) < 4.78 is 13.0. The number of carbonyl (C=O) groups excluding carboxylic acids is 1. The third-order valence-electron chi connectivity index (χ3n) is 3.07. The van der Waals surface area contributed by atoms with Crippen molar-refractivity contribution in [3.8, 4) is 0 Å². The Morgan fingerprint density at radius 1 is 1.35 bits per heavy atom. The zero-order valence-electron chi connectivity index (χ0n) is 11.7. The maximum absolute atomic E-state index is 13.0. The van der Waals surface area contributed by atoms with E-state index in [2.05, 4.69) is 5.32 Å². The number of halogens is 1. The fraction of sp³-hybridized carbons (Fsp3) is 0.467. The highest BCUT2D eigenvalue weighted by molar-refractivity contribution is 5.79. The van der Waals surface area contributed by atoms with Crippen LogP contribution in [0.3, 0.4) is 0 Å². The van der Waals surface area contributed by atoms with Crippen LogP contribution in [0.4, 0.5) is 4.39 Å². The Kier molecular flexibility index (Phi) is 6.15. The third kappa shape index (κ3) is 5.82. The number of nitrogens with one attached hydrogen (secondary N) is 1. The summed E-state index contributed by atoms with van der Waals surface area (Å²) in [4.78, 5) is 22.4. The predicted octanol–water partition coefficient (Wildman–Crippen LogP) is 2.37. The molecule has 0 aliphatic heterocycles. The van der Waals surface area contributed by atoms with Crippen molar-refractivity contribution in [2.24, 2.45) is 5.92 Å². The molecule has 1 aromatic rings. The summed E-state index contributed by atoms with van der Waals surface area (Å²) in [7, 11) is 0. The summed E-state index contributed by atoms with van der Waals surface area (Å²) in [6, 6.07) is 5.91. The van der Waals surface area contributed by atoms with Crippen LogP contribution in [-0.2, 0) is 16.0 Å². The van der Waals surface area contributed by atoms with Gasteiger partial charge >= 0.3 is 5.97 Å². The Morgan fingerprint density at radius 3 is 2.65 bits per heavy atom. The smallest absolute Gasteiger partial charge is 0.305 e. The monoisotopic (exact) mass is 281 g/mol. The van der Waals surface area contributed by atoms with E-state index >= 15 is 0 Å². The average Bonchev–Trinajstić information content (AvgIpc) is 2.34. The molecule has 110 valence electrons. The van der Waals surface area contributed by atoms with Gasteiger partial charge in [0.2, 0.25) is 5.91 Å². The van der Waals surface area contributed by atoms with Crippen molar-refractivity contribution < 1.29 is 19.1 Å². The van der Waals surface area contributed by atoms with Crippen LogP contribution >= 0.6 is 0 Å². The van der Waals surface area contributed by atoms with Gasteiger partial charge in [0.25, 0.3) is 0 Å². The highest BCUT2D eigenvalue weighted by Gasteiger charge is 2.16. The average molecular weight is 281 g/mol. The summed E-state index contributed by atoms with van der Waals surface area (Å²) in [5.41, 5.74) is 0.850. The standard InChI is InChI=1S/C15H20FNO3/c1-10(15(20)17-11(2)8-14(18)19)6-7-12-4-3-5-13(16)9-12/h3-5,9-11H,6-8H2,1-2H3,(H,17,20)(H,18,19). The largest absolute Gasteiger partial charge is 0.481 e. The van der Waals surface area contributed by atoms with Crippen LogP contribution in [0.1, 0.15) is 32.3 Å². The quantitative estimate of drug-likeness (QED) is 0.806. The lowest BCUT2D eigenvalue weighted by atomic mass is 10.00. The Hall–Kier alpha value is -1.91. The molecule has 0 spiro atoms. The summed E-state index contributed by atoms with van der Waals surface area (Å²) in [6.07, 6.45) is 1.11. The highest BCUT2D eigenvalue weighted by atomic mass is 19.1. The van der Waals surface area contributed by atoms with E-state index in [9.17, 15) is 14.0 Å². The molecule has 0 heterocycles. The molecule has 5 heteroatoms. The maximum atomic E-state index is 13.0. The summed E-state index contributed by atoms with van der Waals surface area (Å²) in [5.74, 6) is -1.63. The molecule has 0 radical (unpaired) electrons. The summed E-state index contributed by atoms with van der Waals surface area (Å²) in [5, 5.41) is 11.3. The molecule has 1 amide bonds. The first-order valence-electron chi connectivity index (χ1n) is 6.65. The minimum atomic E-state index is -0.940. The van der Waals surface area contributed by atoms with Crippen LogP contribution in [0.5, 0.6) is 0 Å². The molecule has 2 N–H and O–H groups in total. The van der Waals surface area contributed by atoms with Crippen molar-refractivity contribution in [2.45, 2.75) is 39.2 Å². The van der Waals surface area contributed by atoms with Gasteiger partial charge in [0.1, 0.15) is 5.82 Å². The zero-order chi connectivity index (χ0) is 15.1. The van der Waals surface area contributed by atoms with E-state index in [0.29, 0.717) is 12.8 Å². The van der Waals surface area contributed by atoms with Gasteiger partial charge in [0.15, 0.2) is 0 Å². The van der Waals surface area contributed by atoms with Gasteiger partial charge in [-0.3, -0.25) is 9.59 Å². The van der Waals surface area contributed by atoms with Crippen molar-refractivity contribution >= 4 is 11.9 Å². The molecule has 2 atom stereocenters. The maximum Gasteiger partial charge on any atom is 0.305 e. The van der Waals surface area contributed by atoms with Gasteiger partial charge in [-0.1, -0.05) is 19.1 Å². The lowest BCUT2D eigenvalue weighted by molar-refractivity contribution is -0.137. The Morgan fingerprint density at radius 2 is 2.05 bits per heavy atom. The normalized spacial score (nSPS) is 13.6. The Bertz CT molecular complexity index is 476. The second-order valence-electron chi connectivity index (χ2n) is 5.08. The number of amides is 1. The number of aryl methyl sites for hydroxylation is 1. The van der Waals surface area contributed by atoms with E-state index in [1.165, 1.54) is 12.1 Å². The molecule has 0 bridgehead atoms. The first-order valence-corrected chi connectivity index (χ1v) is 6.65. The first kappa shape index (κ1) is 16.1. The van der Waals surface area contributed by atoms with Crippen molar-refractivity contribution in [1.82, 2.24) is 5.32 Å². The second-order valence-corrected chi connectivity index (χ2v) is 5.08. The molecule has 1 aromatic carbocycles. The molecule has 20 heavy (non-hydrogen) atoms. The van der Waals surface area contributed by atoms with Crippen LogP contribution in [0, 0.1) is 11.7 Å². The van der Waals surface area contributed by atoms with Crippen LogP contribution in [0.25, 0.3) is 0 Å². The van der Waals surface area contributed by atoms with E-state index < -0.39 is 12.0 Å². The lowest BCUT2D eigenvalue weighted by Gasteiger charge is -2.16. The first-order chi connectivity index (χ1) is 9.38. The van der Waals surface area contributed by atoms with E-state index in [1.807, 2.05) is 6.07 Å². The van der Waals surface area contributed by atoms with Crippen LogP contribution in [-0.4, -0.2) is 23.0 Å². The van der Waals surface area contributed by atoms with Gasteiger partial charge in [-0.05, 0) is 37.5 Å². The van der Waals surface area contributed by atoms with Gasteiger partial charge in [-0.25, -0.2) is 4.39 Å². The summed E-state index contributed by atoms with van der Waals surface area (Å²) >= 11 is 0. The van der Waals surface area contributed by atoms with Crippen LogP contribution in [0.15, 0.2) is 24.3 Å². The number of carboxylic acids is 1. The fourth-order valence-electron chi connectivity index (χ4n) is 1.90. The van der Waals surface area contributed by atoms with Crippen molar-refractivity contribution in [1.29, 1.82) is 0 Å². The minimum Gasteiger partial charge on any atom is -0.481 e. The molecule has 2 unspecified atom stereocenters. The Labute approximate surface area is 118 Å². The van der Waals surface area contributed by atoms with Crippen LogP contribution in [0.2, 0.25) is 0 Å². The number of carboxylic acid groups (broad SMARTS) is 1. The molecule has 0 aliphatic rings. The third-order valence-corrected chi connectivity index (χ3v) is 3.07. The van der Waals surface area contributed by atoms with Gasteiger partial charge in [-0.2, -0.15) is 0 Å². The minimum absolute atomic E-state index is 0.0949. The molecular formula is C15H20FNO3. The molecule has 0 fully saturated rings. The number of aliphatic carboxylic acids is 1. The van der Waals surface area contributed by atoms with Gasteiger partial charge < -0.3 is 10.4 Å². The van der Waals surface area contributed by atoms with Gasteiger partial charge in [0, 0.05) is 12.0 Å². The molecule has 0 saturated heterocycles. The van der Waals surface area contributed by atoms with Crippen molar-refractivity contribution in [2.75, 3.05) is 0 Å². The van der Waals surface area contributed by atoms with Gasteiger partial charge in [-0.15, -0.1) is 0 Å². The van der Waals surface area contributed by atoms with E-state index in [4.69, 9.17) is 5.11 Å². The molecule has 0 aliphatic carbocycles. The number of rotatable bonds is 7. The highest BCUT2D eigenvalue weighted by Crippen LogP contribution is 2.11. The molecule has 1 rings (SSSR count).